The van der Waals surface area contributed by atoms with Gasteiger partial charge in [0.05, 0.1) is 5.56 Å². The molecule has 1 rings (SSSR count). The van der Waals surface area contributed by atoms with Crippen LogP contribution in [-0.2, 0) is 0 Å². The second kappa shape index (κ2) is 5.61. The van der Waals surface area contributed by atoms with Crippen molar-refractivity contribution in [3.05, 3.63) is 53.4 Å². The molecular formula is C12H9F5. The summed E-state index contributed by atoms with van der Waals surface area (Å²) in [6.07, 6.45) is 4.72. The average molecular weight is 248 g/mol. The molecule has 0 radical (unpaired) electrons. The number of benzene rings is 1. The molecular weight excluding hydrogens is 239 g/mol. The van der Waals surface area contributed by atoms with Crippen LogP contribution in [0.3, 0.4) is 0 Å². The van der Waals surface area contributed by atoms with E-state index < -0.39 is 34.6 Å². The molecule has 0 nitrogen and oxygen atoms in total. The predicted molar refractivity (Wildman–Crippen MR) is 54.7 cm³/mol. The molecule has 0 aliphatic heterocycles. The number of hydrogen-bond donors (Lipinski definition) is 0. The van der Waals surface area contributed by atoms with Crippen molar-refractivity contribution in [2.75, 3.05) is 0 Å². The molecule has 0 fully saturated rings. The summed E-state index contributed by atoms with van der Waals surface area (Å²) in [5.41, 5.74) is -0.925. The quantitative estimate of drug-likeness (QED) is 0.244. The SMILES string of the molecule is C=CCCC=Cc1c(F)c(F)c(F)c(F)c1F. The van der Waals surface area contributed by atoms with Crippen molar-refractivity contribution in [3.8, 4) is 0 Å². The van der Waals surface area contributed by atoms with Crippen molar-refractivity contribution in [2.45, 2.75) is 12.8 Å². The number of allylic oxidation sites excluding steroid dienone is 2. The summed E-state index contributed by atoms with van der Waals surface area (Å²) in [4.78, 5) is 0. The van der Waals surface area contributed by atoms with E-state index in [2.05, 4.69) is 6.58 Å². The van der Waals surface area contributed by atoms with Crippen LogP contribution in [0.4, 0.5) is 22.0 Å². The molecule has 0 aliphatic rings. The first-order valence-electron chi connectivity index (χ1n) is 4.79. The fourth-order valence-electron chi connectivity index (χ4n) is 1.18. The number of unbranched alkanes of at least 4 members (excludes halogenated alkanes) is 1. The van der Waals surface area contributed by atoms with Gasteiger partial charge in [0.25, 0.3) is 0 Å². The first kappa shape index (κ1) is 13.4. The topological polar surface area (TPSA) is 0 Å². The van der Waals surface area contributed by atoms with E-state index in [1.807, 2.05) is 0 Å². The Kier molecular flexibility index (Phi) is 4.43. The second-order valence-electron chi connectivity index (χ2n) is 3.25. The van der Waals surface area contributed by atoms with Gasteiger partial charge in [-0.15, -0.1) is 6.58 Å². The molecule has 0 saturated carbocycles. The molecule has 92 valence electrons. The van der Waals surface area contributed by atoms with Crippen LogP contribution in [-0.4, -0.2) is 0 Å². The van der Waals surface area contributed by atoms with Gasteiger partial charge in [0.2, 0.25) is 5.82 Å². The van der Waals surface area contributed by atoms with E-state index in [0.29, 0.717) is 12.8 Å². The van der Waals surface area contributed by atoms with Crippen LogP contribution < -0.4 is 0 Å². The van der Waals surface area contributed by atoms with Gasteiger partial charge in [-0.25, -0.2) is 22.0 Å². The van der Waals surface area contributed by atoms with Crippen molar-refractivity contribution < 1.29 is 22.0 Å². The highest BCUT2D eigenvalue weighted by molar-refractivity contribution is 5.51. The normalized spacial score (nSPS) is 11.1. The van der Waals surface area contributed by atoms with Crippen LogP contribution in [0.2, 0.25) is 0 Å². The third-order valence-electron chi connectivity index (χ3n) is 2.07. The molecule has 0 heterocycles. The van der Waals surface area contributed by atoms with Crippen LogP contribution >= 0.6 is 0 Å². The van der Waals surface area contributed by atoms with E-state index in [0.717, 1.165) is 6.08 Å². The van der Waals surface area contributed by atoms with Gasteiger partial charge in [-0.2, -0.15) is 0 Å². The largest absolute Gasteiger partial charge is 0.203 e. The lowest BCUT2D eigenvalue weighted by Crippen LogP contribution is -2.03. The van der Waals surface area contributed by atoms with Gasteiger partial charge < -0.3 is 0 Å². The summed E-state index contributed by atoms with van der Waals surface area (Å²) in [6.45, 7) is 3.43. The molecule has 1 aromatic carbocycles. The second-order valence-corrected chi connectivity index (χ2v) is 3.25. The molecule has 0 unspecified atom stereocenters. The van der Waals surface area contributed by atoms with E-state index in [-0.39, 0.29) is 0 Å². The zero-order valence-corrected chi connectivity index (χ0v) is 8.74. The molecule has 0 spiro atoms. The number of hydrogen-bond acceptors (Lipinski definition) is 0. The summed E-state index contributed by atoms with van der Waals surface area (Å²) in [5.74, 6) is -9.67. The zero-order valence-electron chi connectivity index (χ0n) is 8.74. The molecule has 0 atom stereocenters. The molecule has 0 aliphatic carbocycles. The van der Waals surface area contributed by atoms with Gasteiger partial charge in [0, 0.05) is 0 Å². The number of rotatable bonds is 4. The van der Waals surface area contributed by atoms with Gasteiger partial charge in [0.15, 0.2) is 23.3 Å². The standard InChI is InChI=1S/C12H9F5/c1-2-3-4-5-6-7-8(13)10(15)12(17)11(16)9(7)14/h2,5-6H,1,3-4H2. The van der Waals surface area contributed by atoms with Crippen LogP contribution in [0.15, 0.2) is 18.7 Å². The number of halogens is 5. The Balaban J connectivity index is 3.16. The summed E-state index contributed by atoms with van der Waals surface area (Å²) in [7, 11) is 0. The Morgan fingerprint density at radius 1 is 0.765 bits per heavy atom. The van der Waals surface area contributed by atoms with Crippen LogP contribution in [0, 0.1) is 29.1 Å². The van der Waals surface area contributed by atoms with Crippen LogP contribution in [0.5, 0.6) is 0 Å². The molecule has 0 bridgehead atoms. The van der Waals surface area contributed by atoms with Crippen molar-refractivity contribution in [3.63, 3.8) is 0 Å². The Morgan fingerprint density at radius 3 is 1.71 bits per heavy atom. The van der Waals surface area contributed by atoms with Gasteiger partial charge in [0.1, 0.15) is 0 Å². The summed E-state index contributed by atoms with van der Waals surface area (Å²) in [6, 6.07) is 0. The monoisotopic (exact) mass is 248 g/mol. The van der Waals surface area contributed by atoms with Crippen molar-refractivity contribution in [1.29, 1.82) is 0 Å². The molecule has 0 amide bonds. The summed E-state index contributed by atoms with van der Waals surface area (Å²) >= 11 is 0. The van der Waals surface area contributed by atoms with E-state index >= 15 is 0 Å². The fraction of sp³-hybridized carbons (Fsp3) is 0.167. The van der Waals surface area contributed by atoms with Crippen LogP contribution in [0.25, 0.3) is 6.08 Å². The maximum absolute atomic E-state index is 13.1. The first-order chi connectivity index (χ1) is 8.00. The molecule has 0 saturated heterocycles. The molecule has 0 N–H and O–H groups in total. The van der Waals surface area contributed by atoms with Crippen molar-refractivity contribution in [1.82, 2.24) is 0 Å². The lowest BCUT2D eigenvalue weighted by atomic mass is 10.1. The van der Waals surface area contributed by atoms with Gasteiger partial charge in [-0.05, 0) is 12.8 Å². The molecule has 17 heavy (non-hydrogen) atoms. The van der Waals surface area contributed by atoms with Gasteiger partial charge >= 0.3 is 0 Å². The van der Waals surface area contributed by atoms with Crippen molar-refractivity contribution >= 4 is 6.08 Å². The first-order valence-corrected chi connectivity index (χ1v) is 4.79. The predicted octanol–water partition coefficient (Wildman–Crippen LogP) is 4.36. The minimum Gasteiger partial charge on any atom is -0.203 e. The highest BCUT2D eigenvalue weighted by Crippen LogP contribution is 2.24. The van der Waals surface area contributed by atoms with Gasteiger partial charge in [-0.1, -0.05) is 18.2 Å². The maximum Gasteiger partial charge on any atom is 0.200 e. The zero-order chi connectivity index (χ0) is 13.0. The molecule has 5 heteroatoms. The van der Waals surface area contributed by atoms with E-state index in [1.165, 1.54) is 6.08 Å². The maximum atomic E-state index is 13.1. The lowest BCUT2D eigenvalue weighted by molar-refractivity contribution is 0.377. The van der Waals surface area contributed by atoms with E-state index in [4.69, 9.17) is 0 Å². The lowest BCUT2D eigenvalue weighted by Gasteiger charge is -2.03. The Hall–Kier alpha value is -1.65. The highest BCUT2D eigenvalue weighted by Gasteiger charge is 2.23. The summed E-state index contributed by atoms with van der Waals surface area (Å²) < 4.78 is 64.4. The smallest absolute Gasteiger partial charge is 0.200 e. The Bertz CT molecular complexity index is 433. The summed E-state index contributed by atoms with van der Waals surface area (Å²) in [5, 5.41) is 0. The third kappa shape index (κ3) is 2.72. The minimum atomic E-state index is -2.15. The van der Waals surface area contributed by atoms with Crippen molar-refractivity contribution in [2.24, 2.45) is 0 Å². The van der Waals surface area contributed by atoms with Crippen LogP contribution in [0.1, 0.15) is 18.4 Å². The highest BCUT2D eigenvalue weighted by atomic mass is 19.2. The van der Waals surface area contributed by atoms with E-state index in [1.54, 1.807) is 6.08 Å². The Labute approximate surface area is 95.1 Å². The fourth-order valence-corrected chi connectivity index (χ4v) is 1.18. The average Bonchev–Trinajstić information content (AvgIpc) is 2.33. The van der Waals surface area contributed by atoms with E-state index in [9.17, 15) is 22.0 Å². The minimum absolute atomic E-state index is 0.406. The molecule has 1 aromatic rings. The third-order valence-corrected chi connectivity index (χ3v) is 2.07. The van der Waals surface area contributed by atoms with Gasteiger partial charge in [-0.3, -0.25) is 0 Å². The molecule has 0 aromatic heterocycles. The Morgan fingerprint density at radius 2 is 1.24 bits per heavy atom.